The molecular weight excluding hydrogens is 284 g/mol. The summed E-state index contributed by atoms with van der Waals surface area (Å²) in [6.45, 7) is 14.3. The Morgan fingerprint density at radius 1 is 0.696 bits per heavy atom. The highest BCUT2D eigenvalue weighted by Gasteiger charge is 2.48. The van der Waals surface area contributed by atoms with E-state index in [-0.39, 0.29) is 12.2 Å². The molecule has 0 aromatic carbocycles. The minimum Gasteiger partial charge on any atom is -0.393 e. The summed E-state index contributed by atoms with van der Waals surface area (Å²) < 4.78 is 0. The van der Waals surface area contributed by atoms with E-state index in [9.17, 15) is 10.2 Å². The van der Waals surface area contributed by atoms with Crippen LogP contribution in [-0.4, -0.2) is 22.4 Å². The molecule has 0 radical (unpaired) electrons. The highest BCUT2D eigenvalue weighted by Crippen LogP contribution is 2.54. The zero-order chi connectivity index (χ0) is 17.4. The van der Waals surface area contributed by atoms with Crippen LogP contribution in [0.5, 0.6) is 0 Å². The van der Waals surface area contributed by atoms with Crippen molar-refractivity contribution >= 4 is 0 Å². The van der Waals surface area contributed by atoms with Crippen LogP contribution in [0.4, 0.5) is 0 Å². The Kier molecular flexibility index (Phi) is 6.22. The van der Waals surface area contributed by atoms with Crippen LogP contribution >= 0.6 is 0 Å². The first-order valence-corrected chi connectivity index (χ1v) is 10.0. The Morgan fingerprint density at radius 3 is 1.35 bits per heavy atom. The van der Waals surface area contributed by atoms with Crippen molar-refractivity contribution in [3.63, 3.8) is 0 Å². The summed E-state index contributed by atoms with van der Waals surface area (Å²) in [7, 11) is 0. The van der Waals surface area contributed by atoms with Gasteiger partial charge in [0.05, 0.1) is 12.2 Å². The zero-order valence-electron chi connectivity index (χ0n) is 16.3. The molecule has 6 unspecified atom stereocenters. The van der Waals surface area contributed by atoms with Crippen molar-refractivity contribution in [3.8, 4) is 0 Å². The summed E-state index contributed by atoms with van der Waals surface area (Å²) in [5, 5.41) is 20.3. The Morgan fingerprint density at radius 2 is 1.04 bits per heavy atom. The lowest BCUT2D eigenvalue weighted by Crippen LogP contribution is -2.48. The highest BCUT2D eigenvalue weighted by atomic mass is 16.3. The summed E-state index contributed by atoms with van der Waals surface area (Å²) in [5.41, 5.74) is 0.296. The van der Waals surface area contributed by atoms with Gasteiger partial charge in [-0.2, -0.15) is 0 Å². The molecule has 2 rings (SSSR count). The number of aliphatic hydroxyl groups excluding tert-OH is 2. The minimum atomic E-state index is -0.0940. The fourth-order valence-electron chi connectivity index (χ4n) is 5.96. The normalized spacial score (nSPS) is 39.9. The molecule has 0 heterocycles. The number of rotatable bonds is 4. The standard InChI is InChI=1S/C21H40O2/c1-13(2)17-11-15(22)7-9-19(17)21(5,6)20-10-8-16(23)12-18(20)14(3)4/h13-20,22-23H,7-12H2,1-6H3. The maximum atomic E-state index is 10.2. The molecule has 136 valence electrons. The van der Waals surface area contributed by atoms with E-state index >= 15 is 0 Å². The monoisotopic (exact) mass is 324 g/mol. The number of hydrogen-bond donors (Lipinski definition) is 2. The first-order valence-electron chi connectivity index (χ1n) is 10.0. The van der Waals surface area contributed by atoms with Crippen molar-refractivity contribution in [2.75, 3.05) is 0 Å². The molecule has 0 aliphatic heterocycles. The lowest BCUT2D eigenvalue weighted by Gasteiger charge is -2.53. The van der Waals surface area contributed by atoms with Crippen LogP contribution < -0.4 is 0 Å². The van der Waals surface area contributed by atoms with Crippen LogP contribution in [0.3, 0.4) is 0 Å². The Labute approximate surface area is 144 Å². The van der Waals surface area contributed by atoms with Gasteiger partial charge in [0, 0.05) is 0 Å². The molecule has 0 saturated heterocycles. The van der Waals surface area contributed by atoms with Gasteiger partial charge in [-0.05, 0) is 79.4 Å². The second-order valence-corrected chi connectivity index (χ2v) is 9.78. The first-order chi connectivity index (χ1) is 10.6. The van der Waals surface area contributed by atoms with E-state index in [0.717, 1.165) is 25.7 Å². The van der Waals surface area contributed by atoms with Gasteiger partial charge in [-0.25, -0.2) is 0 Å². The van der Waals surface area contributed by atoms with Gasteiger partial charge in [0.15, 0.2) is 0 Å². The van der Waals surface area contributed by atoms with Gasteiger partial charge in [0.25, 0.3) is 0 Å². The number of aliphatic hydroxyl groups is 2. The Balaban J connectivity index is 2.23. The maximum Gasteiger partial charge on any atom is 0.0543 e. The van der Waals surface area contributed by atoms with Gasteiger partial charge in [-0.3, -0.25) is 0 Å². The van der Waals surface area contributed by atoms with Crippen LogP contribution in [0, 0.1) is 40.9 Å². The van der Waals surface area contributed by atoms with Crippen molar-refractivity contribution < 1.29 is 10.2 Å². The van der Waals surface area contributed by atoms with Gasteiger partial charge < -0.3 is 10.2 Å². The topological polar surface area (TPSA) is 40.5 Å². The van der Waals surface area contributed by atoms with Gasteiger partial charge >= 0.3 is 0 Å². The van der Waals surface area contributed by atoms with Gasteiger partial charge in [-0.1, -0.05) is 41.5 Å². The fourth-order valence-corrected chi connectivity index (χ4v) is 5.96. The third kappa shape index (κ3) is 4.12. The highest BCUT2D eigenvalue weighted by molar-refractivity contribution is 4.97. The average molecular weight is 325 g/mol. The summed E-state index contributed by atoms with van der Waals surface area (Å²) in [5.74, 6) is 3.95. The molecule has 0 aromatic rings. The summed E-state index contributed by atoms with van der Waals surface area (Å²) >= 11 is 0. The van der Waals surface area contributed by atoms with Crippen LogP contribution in [0.1, 0.15) is 80.1 Å². The fraction of sp³-hybridized carbons (Fsp3) is 1.00. The molecular formula is C21H40O2. The summed E-state index contributed by atoms with van der Waals surface area (Å²) in [6.07, 6.45) is 6.05. The van der Waals surface area contributed by atoms with Crippen molar-refractivity contribution in [2.45, 2.75) is 92.3 Å². The molecule has 2 heteroatoms. The number of hydrogen-bond acceptors (Lipinski definition) is 2. The largest absolute Gasteiger partial charge is 0.393 e. The van der Waals surface area contributed by atoms with Crippen LogP contribution in [0.15, 0.2) is 0 Å². The molecule has 2 N–H and O–H groups in total. The van der Waals surface area contributed by atoms with E-state index in [0.29, 0.717) is 40.9 Å². The minimum absolute atomic E-state index is 0.0940. The van der Waals surface area contributed by atoms with Crippen LogP contribution in [0.25, 0.3) is 0 Å². The summed E-state index contributed by atoms with van der Waals surface area (Å²) in [6, 6.07) is 0. The summed E-state index contributed by atoms with van der Waals surface area (Å²) in [4.78, 5) is 0. The molecule has 0 aromatic heterocycles. The lowest BCUT2D eigenvalue weighted by atomic mass is 9.52. The first kappa shape index (κ1) is 19.2. The third-order valence-electron chi connectivity index (χ3n) is 7.37. The molecule has 2 fully saturated rings. The quantitative estimate of drug-likeness (QED) is 0.774. The Hall–Kier alpha value is -0.0800. The molecule has 0 spiro atoms. The SMILES string of the molecule is CC(C)C1CC(O)CCC1C(C)(C)C1CCC(O)CC1C(C)C. The van der Waals surface area contributed by atoms with Crippen molar-refractivity contribution in [1.82, 2.24) is 0 Å². The zero-order valence-corrected chi connectivity index (χ0v) is 16.3. The van der Waals surface area contributed by atoms with Crippen LogP contribution in [0.2, 0.25) is 0 Å². The van der Waals surface area contributed by atoms with Crippen LogP contribution in [-0.2, 0) is 0 Å². The van der Waals surface area contributed by atoms with E-state index in [1.807, 2.05) is 0 Å². The Bertz CT molecular complexity index is 340. The van der Waals surface area contributed by atoms with Gasteiger partial charge in [-0.15, -0.1) is 0 Å². The molecule has 0 bridgehead atoms. The smallest absolute Gasteiger partial charge is 0.0543 e. The molecule has 6 atom stereocenters. The van der Waals surface area contributed by atoms with Crippen molar-refractivity contribution in [2.24, 2.45) is 40.9 Å². The van der Waals surface area contributed by atoms with E-state index in [2.05, 4.69) is 41.5 Å². The van der Waals surface area contributed by atoms with Gasteiger partial charge in [0.2, 0.25) is 0 Å². The molecule has 2 aliphatic carbocycles. The predicted molar refractivity (Wildman–Crippen MR) is 97.1 cm³/mol. The average Bonchev–Trinajstić information content (AvgIpc) is 2.46. The van der Waals surface area contributed by atoms with E-state index in [1.54, 1.807) is 0 Å². The van der Waals surface area contributed by atoms with E-state index in [1.165, 1.54) is 12.8 Å². The molecule has 23 heavy (non-hydrogen) atoms. The third-order valence-corrected chi connectivity index (χ3v) is 7.37. The van der Waals surface area contributed by atoms with E-state index < -0.39 is 0 Å². The molecule has 2 nitrogen and oxygen atoms in total. The van der Waals surface area contributed by atoms with Crippen molar-refractivity contribution in [1.29, 1.82) is 0 Å². The molecule has 0 amide bonds. The predicted octanol–water partition coefficient (Wildman–Crippen LogP) is 4.88. The lowest BCUT2D eigenvalue weighted by molar-refractivity contribution is -0.0724. The molecule has 2 saturated carbocycles. The second-order valence-electron chi connectivity index (χ2n) is 9.78. The maximum absolute atomic E-state index is 10.2. The molecule has 2 aliphatic rings. The second kappa shape index (κ2) is 7.44. The van der Waals surface area contributed by atoms with E-state index in [4.69, 9.17) is 0 Å². The van der Waals surface area contributed by atoms with Crippen molar-refractivity contribution in [3.05, 3.63) is 0 Å². The van der Waals surface area contributed by atoms with Gasteiger partial charge in [0.1, 0.15) is 0 Å².